The van der Waals surface area contributed by atoms with Crippen LogP contribution in [-0.2, 0) is 4.74 Å². The normalized spacial score (nSPS) is 19.4. The summed E-state index contributed by atoms with van der Waals surface area (Å²) in [4.78, 5) is 0. The number of hydrogen-bond donors (Lipinski definition) is 1. The van der Waals surface area contributed by atoms with E-state index in [1.165, 1.54) is 18.4 Å². The Hall–Kier alpha value is -1.12. The number of nitrogens with one attached hydrogen (secondary N) is 1. The Morgan fingerprint density at radius 3 is 2.88 bits per heavy atom. The average molecular weight is 231 g/mol. The molecule has 0 aromatic heterocycles. The van der Waals surface area contributed by atoms with E-state index in [2.05, 4.69) is 24.0 Å². The van der Waals surface area contributed by atoms with Crippen LogP contribution in [0.3, 0.4) is 0 Å². The van der Waals surface area contributed by atoms with Crippen molar-refractivity contribution >= 4 is 5.57 Å². The van der Waals surface area contributed by atoms with E-state index in [9.17, 15) is 0 Å². The average Bonchev–Trinajstić information content (AvgIpc) is 2.88. The Kier molecular flexibility index (Phi) is 4.77. The van der Waals surface area contributed by atoms with E-state index in [0.29, 0.717) is 6.10 Å². The van der Waals surface area contributed by atoms with Gasteiger partial charge in [0.2, 0.25) is 0 Å². The molecular formula is C15H21NO. The van der Waals surface area contributed by atoms with Crippen LogP contribution in [0.5, 0.6) is 0 Å². The van der Waals surface area contributed by atoms with E-state index in [1.54, 1.807) is 0 Å². The first-order valence-corrected chi connectivity index (χ1v) is 6.42. The molecule has 1 aromatic rings. The van der Waals surface area contributed by atoms with Gasteiger partial charge >= 0.3 is 0 Å². The molecule has 1 fully saturated rings. The van der Waals surface area contributed by atoms with Crippen LogP contribution < -0.4 is 5.32 Å². The molecule has 1 unspecified atom stereocenters. The number of hydrogen-bond acceptors (Lipinski definition) is 2. The Bertz CT molecular complexity index is 341. The lowest BCUT2D eigenvalue weighted by Crippen LogP contribution is -2.21. The highest BCUT2D eigenvalue weighted by Gasteiger charge is 2.14. The zero-order valence-corrected chi connectivity index (χ0v) is 10.3. The van der Waals surface area contributed by atoms with Crippen LogP contribution in [0.25, 0.3) is 5.57 Å². The van der Waals surface area contributed by atoms with E-state index < -0.39 is 0 Å². The van der Waals surface area contributed by atoms with Gasteiger partial charge in [0.05, 0.1) is 6.10 Å². The van der Waals surface area contributed by atoms with Gasteiger partial charge in [-0.25, -0.2) is 0 Å². The molecule has 0 saturated carbocycles. The molecule has 17 heavy (non-hydrogen) atoms. The van der Waals surface area contributed by atoms with Gasteiger partial charge in [-0.15, -0.1) is 0 Å². The molecule has 2 heteroatoms. The summed E-state index contributed by atoms with van der Waals surface area (Å²) < 4.78 is 5.58. The molecular weight excluding hydrogens is 210 g/mol. The van der Waals surface area contributed by atoms with Crippen LogP contribution in [0.15, 0.2) is 36.9 Å². The van der Waals surface area contributed by atoms with Crippen LogP contribution in [0.2, 0.25) is 0 Å². The molecule has 92 valence electrons. The Morgan fingerprint density at radius 1 is 1.35 bits per heavy atom. The van der Waals surface area contributed by atoms with E-state index in [4.69, 9.17) is 4.74 Å². The molecule has 1 atom stereocenters. The van der Waals surface area contributed by atoms with Crippen molar-refractivity contribution in [2.45, 2.75) is 25.4 Å². The quantitative estimate of drug-likeness (QED) is 0.760. The maximum absolute atomic E-state index is 5.58. The van der Waals surface area contributed by atoms with Crippen molar-refractivity contribution in [3.8, 4) is 0 Å². The van der Waals surface area contributed by atoms with Gasteiger partial charge in [0.15, 0.2) is 0 Å². The Labute approximate surface area is 104 Å². The Morgan fingerprint density at radius 2 is 2.18 bits per heavy atom. The monoisotopic (exact) mass is 231 g/mol. The minimum atomic E-state index is 0.479. The zero-order chi connectivity index (χ0) is 11.9. The van der Waals surface area contributed by atoms with E-state index >= 15 is 0 Å². The molecule has 2 nitrogen and oxygen atoms in total. The maximum atomic E-state index is 5.58. The third kappa shape index (κ3) is 3.99. The van der Waals surface area contributed by atoms with E-state index in [-0.39, 0.29) is 0 Å². The lowest BCUT2D eigenvalue weighted by Gasteiger charge is -2.11. The predicted octanol–water partition coefficient (Wildman–Crippen LogP) is 2.86. The molecule has 0 amide bonds. The molecule has 0 bridgehead atoms. The van der Waals surface area contributed by atoms with Crippen LogP contribution in [0.1, 0.15) is 24.8 Å². The van der Waals surface area contributed by atoms with Crippen LogP contribution >= 0.6 is 0 Å². The summed E-state index contributed by atoms with van der Waals surface area (Å²) in [5.41, 5.74) is 2.37. The summed E-state index contributed by atoms with van der Waals surface area (Å²) in [5.74, 6) is 0. The minimum absolute atomic E-state index is 0.479. The smallest absolute Gasteiger partial charge is 0.0588 e. The Balaban J connectivity index is 1.63. The van der Waals surface area contributed by atoms with Crippen LogP contribution in [-0.4, -0.2) is 25.8 Å². The summed E-state index contributed by atoms with van der Waals surface area (Å²) in [6, 6.07) is 10.3. The van der Waals surface area contributed by atoms with Gasteiger partial charge < -0.3 is 10.1 Å². The highest BCUT2D eigenvalue weighted by molar-refractivity contribution is 5.64. The second-order valence-corrected chi connectivity index (χ2v) is 4.57. The highest BCUT2D eigenvalue weighted by atomic mass is 16.5. The first kappa shape index (κ1) is 12.3. The number of rotatable bonds is 6. The van der Waals surface area contributed by atoms with Gasteiger partial charge in [0.1, 0.15) is 0 Å². The molecule has 0 spiro atoms. The fourth-order valence-electron chi connectivity index (χ4n) is 2.15. The minimum Gasteiger partial charge on any atom is -0.378 e. The predicted molar refractivity (Wildman–Crippen MR) is 71.9 cm³/mol. The van der Waals surface area contributed by atoms with Crippen LogP contribution in [0.4, 0.5) is 0 Å². The van der Waals surface area contributed by atoms with Gasteiger partial charge in [-0.2, -0.15) is 0 Å². The standard InChI is InChI=1S/C15H21NO/c1-13(14-6-3-2-4-7-14)12-16-10-9-15-8-5-11-17-15/h2-4,6-7,15-16H,1,5,8-12H2. The summed E-state index contributed by atoms with van der Waals surface area (Å²) in [6.07, 6.45) is 4.04. The highest BCUT2D eigenvalue weighted by Crippen LogP contribution is 2.14. The first-order chi connectivity index (χ1) is 8.36. The molecule has 1 saturated heterocycles. The fraction of sp³-hybridized carbons (Fsp3) is 0.467. The molecule has 1 aliphatic heterocycles. The molecule has 1 aliphatic rings. The summed E-state index contributed by atoms with van der Waals surface area (Å²) >= 11 is 0. The number of benzene rings is 1. The number of ether oxygens (including phenoxy) is 1. The van der Waals surface area contributed by atoms with Crippen LogP contribution in [0, 0.1) is 0 Å². The molecule has 1 heterocycles. The summed E-state index contributed by atoms with van der Waals surface area (Å²) in [6.45, 7) is 6.91. The summed E-state index contributed by atoms with van der Waals surface area (Å²) in [7, 11) is 0. The van der Waals surface area contributed by atoms with Gasteiger partial charge in [0.25, 0.3) is 0 Å². The van der Waals surface area contributed by atoms with Crippen molar-refractivity contribution in [2.75, 3.05) is 19.7 Å². The zero-order valence-electron chi connectivity index (χ0n) is 10.3. The second-order valence-electron chi connectivity index (χ2n) is 4.57. The second kappa shape index (κ2) is 6.58. The fourth-order valence-corrected chi connectivity index (χ4v) is 2.15. The van der Waals surface area contributed by atoms with Crippen molar-refractivity contribution in [3.63, 3.8) is 0 Å². The van der Waals surface area contributed by atoms with E-state index in [0.717, 1.165) is 31.7 Å². The molecule has 0 radical (unpaired) electrons. The van der Waals surface area contributed by atoms with Crippen molar-refractivity contribution in [1.29, 1.82) is 0 Å². The van der Waals surface area contributed by atoms with Crippen molar-refractivity contribution in [1.82, 2.24) is 5.32 Å². The third-order valence-electron chi connectivity index (χ3n) is 3.19. The first-order valence-electron chi connectivity index (χ1n) is 6.42. The molecule has 0 aliphatic carbocycles. The topological polar surface area (TPSA) is 21.3 Å². The van der Waals surface area contributed by atoms with Crippen molar-refractivity contribution in [2.24, 2.45) is 0 Å². The third-order valence-corrected chi connectivity index (χ3v) is 3.19. The lowest BCUT2D eigenvalue weighted by atomic mass is 10.1. The van der Waals surface area contributed by atoms with Crippen molar-refractivity contribution < 1.29 is 4.74 Å². The largest absolute Gasteiger partial charge is 0.378 e. The van der Waals surface area contributed by atoms with Gasteiger partial charge in [-0.1, -0.05) is 36.9 Å². The molecule has 1 aromatic carbocycles. The van der Waals surface area contributed by atoms with Crippen molar-refractivity contribution in [3.05, 3.63) is 42.5 Å². The SMILES string of the molecule is C=C(CNCCC1CCCO1)c1ccccc1. The maximum Gasteiger partial charge on any atom is 0.0588 e. The van der Waals surface area contributed by atoms with Gasteiger partial charge in [-0.3, -0.25) is 0 Å². The van der Waals surface area contributed by atoms with Gasteiger partial charge in [0, 0.05) is 13.2 Å². The lowest BCUT2D eigenvalue weighted by molar-refractivity contribution is 0.104. The molecule has 1 N–H and O–H groups in total. The van der Waals surface area contributed by atoms with Gasteiger partial charge in [-0.05, 0) is 36.9 Å². The summed E-state index contributed by atoms with van der Waals surface area (Å²) in [5, 5.41) is 3.43. The molecule has 2 rings (SSSR count). The van der Waals surface area contributed by atoms with E-state index in [1.807, 2.05) is 18.2 Å².